The fourth-order valence-corrected chi connectivity index (χ4v) is 2.12. The fraction of sp³-hybridized carbons (Fsp3) is 0. The van der Waals surface area contributed by atoms with E-state index in [9.17, 15) is 14.9 Å². The van der Waals surface area contributed by atoms with Crippen molar-refractivity contribution in [3.8, 4) is 0 Å². The number of nitrogens with two attached hydrogens (primary N) is 1. The summed E-state index contributed by atoms with van der Waals surface area (Å²) in [5.74, 6) is -0.330. The number of non-ortho nitro benzene ring substituents is 1. The Hall–Kier alpha value is -2.19. The molecule has 0 aliphatic heterocycles. The van der Waals surface area contributed by atoms with Gasteiger partial charge < -0.3 is 11.1 Å². The summed E-state index contributed by atoms with van der Waals surface area (Å²) in [4.78, 5) is 25.9. The van der Waals surface area contributed by atoms with E-state index in [0.29, 0.717) is 10.2 Å². The standard InChI is InChI=1S/C12H8BrClN4O3/c13-8-4-7(18(20)21)1-2-10(8)17-12(19)6-3-9(14)11(15)16-5-6/h1-5H,(H2,15,16)(H,17,19). The summed E-state index contributed by atoms with van der Waals surface area (Å²) in [6.45, 7) is 0. The summed E-state index contributed by atoms with van der Waals surface area (Å²) in [5, 5.41) is 13.4. The molecule has 0 radical (unpaired) electrons. The van der Waals surface area contributed by atoms with Crippen molar-refractivity contribution >= 4 is 50.6 Å². The topological polar surface area (TPSA) is 111 Å². The Morgan fingerprint density at radius 2 is 2.14 bits per heavy atom. The molecule has 2 aromatic rings. The molecule has 7 nitrogen and oxygen atoms in total. The van der Waals surface area contributed by atoms with Gasteiger partial charge >= 0.3 is 0 Å². The van der Waals surface area contributed by atoms with Crippen LogP contribution < -0.4 is 11.1 Å². The third-order valence-electron chi connectivity index (χ3n) is 2.54. The summed E-state index contributed by atoms with van der Waals surface area (Å²) < 4.78 is 0.388. The number of nitrogens with one attached hydrogen (secondary N) is 1. The first kappa shape index (κ1) is 15.2. The third-order valence-corrected chi connectivity index (χ3v) is 3.50. The second-order valence-electron chi connectivity index (χ2n) is 3.97. The minimum atomic E-state index is -0.528. The van der Waals surface area contributed by atoms with E-state index in [4.69, 9.17) is 17.3 Å². The molecule has 1 aromatic heterocycles. The minimum absolute atomic E-state index is 0.0860. The lowest BCUT2D eigenvalue weighted by Crippen LogP contribution is -2.13. The van der Waals surface area contributed by atoms with E-state index < -0.39 is 10.8 Å². The van der Waals surface area contributed by atoms with E-state index in [1.165, 1.54) is 30.5 Å². The second kappa shape index (κ2) is 6.06. The number of amides is 1. The number of rotatable bonds is 3. The molecule has 2 rings (SSSR count). The molecule has 0 aliphatic rings. The molecule has 108 valence electrons. The average Bonchev–Trinajstić information content (AvgIpc) is 2.43. The first-order valence-electron chi connectivity index (χ1n) is 5.55. The van der Waals surface area contributed by atoms with Gasteiger partial charge in [-0.1, -0.05) is 11.6 Å². The molecule has 9 heteroatoms. The van der Waals surface area contributed by atoms with E-state index in [1.54, 1.807) is 0 Å². The molecule has 21 heavy (non-hydrogen) atoms. The zero-order valence-corrected chi connectivity index (χ0v) is 12.7. The van der Waals surface area contributed by atoms with Gasteiger partial charge in [0.1, 0.15) is 5.82 Å². The zero-order valence-electron chi connectivity index (χ0n) is 10.3. The minimum Gasteiger partial charge on any atom is -0.382 e. The van der Waals surface area contributed by atoms with Crippen LogP contribution in [0.4, 0.5) is 17.2 Å². The van der Waals surface area contributed by atoms with Gasteiger partial charge in [0.25, 0.3) is 11.6 Å². The van der Waals surface area contributed by atoms with Crippen LogP contribution in [-0.4, -0.2) is 15.8 Å². The lowest BCUT2D eigenvalue weighted by molar-refractivity contribution is -0.384. The molecule has 1 aromatic carbocycles. The normalized spacial score (nSPS) is 10.2. The molecule has 0 fully saturated rings. The van der Waals surface area contributed by atoms with Gasteiger partial charge in [0.2, 0.25) is 0 Å². The predicted molar refractivity (Wildman–Crippen MR) is 82.4 cm³/mol. The van der Waals surface area contributed by atoms with Crippen LogP contribution >= 0.6 is 27.5 Å². The Balaban J connectivity index is 2.23. The first-order chi connectivity index (χ1) is 9.88. The van der Waals surface area contributed by atoms with Crippen LogP contribution in [-0.2, 0) is 0 Å². The maximum atomic E-state index is 12.0. The summed E-state index contributed by atoms with van der Waals surface area (Å²) in [6, 6.07) is 5.39. The predicted octanol–water partition coefficient (Wildman–Crippen LogP) is 3.24. The molecule has 0 atom stereocenters. The molecular weight excluding hydrogens is 364 g/mol. The monoisotopic (exact) mass is 370 g/mol. The lowest BCUT2D eigenvalue weighted by Gasteiger charge is -2.07. The second-order valence-corrected chi connectivity index (χ2v) is 5.23. The zero-order chi connectivity index (χ0) is 15.6. The number of carbonyl (C=O) groups is 1. The van der Waals surface area contributed by atoms with Crippen molar-refractivity contribution in [1.29, 1.82) is 0 Å². The van der Waals surface area contributed by atoms with Gasteiger partial charge in [-0.05, 0) is 28.1 Å². The van der Waals surface area contributed by atoms with E-state index in [0.717, 1.165) is 0 Å². The third kappa shape index (κ3) is 3.47. The largest absolute Gasteiger partial charge is 0.382 e. The SMILES string of the molecule is Nc1ncc(C(=O)Nc2ccc([N+](=O)[O-])cc2Br)cc1Cl. The maximum Gasteiger partial charge on any atom is 0.270 e. The Morgan fingerprint density at radius 3 is 2.71 bits per heavy atom. The molecule has 0 saturated heterocycles. The van der Waals surface area contributed by atoms with Crippen molar-refractivity contribution < 1.29 is 9.72 Å². The summed E-state index contributed by atoms with van der Waals surface area (Å²) in [7, 11) is 0. The number of halogens is 2. The number of aromatic nitrogens is 1. The molecule has 0 saturated carbocycles. The first-order valence-corrected chi connectivity index (χ1v) is 6.72. The molecule has 0 spiro atoms. The van der Waals surface area contributed by atoms with Crippen molar-refractivity contribution in [1.82, 2.24) is 4.98 Å². The summed E-state index contributed by atoms with van der Waals surface area (Å²) in [5.41, 5.74) is 5.99. The van der Waals surface area contributed by atoms with Crippen molar-refractivity contribution in [3.05, 3.63) is 55.6 Å². The number of nitrogens with zero attached hydrogens (tertiary/aromatic N) is 2. The number of hydrogen-bond donors (Lipinski definition) is 2. The molecule has 0 aliphatic carbocycles. The Kier molecular flexibility index (Phi) is 4.39. The van der Waals surface area contributed by atoms with Gasteiger partial charge in [-0.15, -0.1) is 0 Å². The number of anilines is 2. The highest BCUT2D eigenvalue weighted by atomic mass is 79.9. The molecular formula is C12H8BrClN4O3. The highest BCUT2D eigenvalue weighted by Gasteiger charge is 2.13. The number of nitro benzene ring substituents is 1. The van der Waals surface area contributed by atoms with E-state index in [2.05, 4.69) is 26.2 Å². The van der Waals surface area contributed by atoms with Crippen molar-refractivity contribution in [2.24, 2.45) is 0 Å². The number of pyridine rings is 1. The molecule has 3 N–H and O–H groups in total. The van der Waals surface area contributed by atoms with Crippen LogP contribution in [0.2, 0.25) is 5.02 Å². The molecule has 0 unspecified atom stereocenters. The van der Waals surface area contributed by atoms with Gasteiger partial charge in [-0.2, -0.15) is 0 Å². The average molecular weight is 372 g/mol. The summed E-state index contributed by atoms with van der Waals surface area (Å²) in [6.07, 6.45) is 1.29. The molecule has 1 heterocycles. The van der Waals surface area contributed by atoms with Gasteiger partial charge in [-0.3, -0.25) is 14.9 Å². The van der Waals surface area contributed by atoms with Crippen molar-refractivity contribution in [2.45, 2.75) is 0 Å². The van der Waals surface area contributed by atoms with E-state index >= 15 is 0 Å². The molecule has 1 amide bonds. The van der Waals surface area contributed by atoms with Crippen LogP contribution in [0.15, 0.2) is 34.9 Å². The van der Waals surface area contributed by atoms with Crippen LogP contribution in [0.1, 0.15) is 10.4 Å². The van der Waals surface area contributed by atoms with Gasteiger partial charge in [-0.25, -0.2) is 4.98 Å². The Bertz CT molecular complexity index is 738. The highest BCUT2D eigenvalue weighted by Crippen LogP contribution is 2.27. The van der Waals surface area contributed by atoms with Crippen molar-refractivity contribution in [2.75, 3.05) is 11.1 Å². The van der Waals surface area contributed by atoms with Gasteiger partial charge in [0, 0.05) is 22.8 Å². The highest BCUT2D eigenvalue weighted by molar-refractivity contribution is 9.10. The Labute approximate surface area is 132 Å². The van der Waals surface area contributed by atoms with Gasteiger partial charge in [0.05, 0.1) is 21.2 Å². The number of nitrogen functional groups attached to an aromatic ring is 1. The number of benzene rings is 1. The van der Waals surface area contributed by atoms with E-state index in [-0.39, 0.29) is 22.1 Å². The summed E-state index contributed by atoms with van der Waals surface area (Å²) >= 11 is 8.96. The maximum absolute atomic E-state index is 12.0. The number of hydrogen-bond acceptors (Lipinski definition) is 5. The lowest BCUT2D eigenvalue weighted by atomic mass is 10.2. The molecule has 0 bridgehead atoms. The van der Waals surface area contributed by atoms with Crippen LogP contribution in [0.25, 0.3) is 0 Å². The van der Waals surface area contributed by atoms with Crippen LogP contribution in [0, 0.1) is 10.1 Å². The van der Waals surface area contributed by atoms with Crippen molar-refractivity contribution in [3.63, 3.8) is 0 Å². The number of nitro groups is 1. The smallest absolute Gasteiger partial charge is 0.270 e. The van der Waals surface area contributed by atoms with E-state index in [1.807, 2.05) is 0 Å². The quantitative estimate of drug-likeness (QED) is 0.635. The Morgan fingerprint density at radius 1 is 1.43 bits per heavy atom. The fourth-order valence-electron chi connectivity index (χ4n) is 1.49. The van der Waals surface area contributed by atoms with Crippen LogP contribution in [0.3, 0.4) is 0 Å². The van der Waals surface area contributed by atoms with Gasteiger partial charge in [0.15, 0.2) is 0 Å². The van der Waals surface area contributed by atoms with Crippen LogP contribution in [0.5, 0.6) is 0 Å². The number of carbonyl (C=O) groups excluding carboxylic acids is 1.